The van der Waals surface area contributed by atoms with E-state index in [-0.39, 0.29) is 19.1 Å². The molecule has 0 saturated carbocycles. The molecule has 0 fully saturated rings. The quantitative estimate of drug-likeness (QED) is 0.447. The fourth-order valence-electron chi connectivity index (χ4n) is 2.80. The number of hydrogen-bond acceptors (Lipinski definition) is 5. The van der Waals surface area contributed by atoms with Crippen LogP contribution in [0, 0.1) is 6.92 Å². The van der Waals surface area contributed by atoms with Crippen LogP contribution in [0.15, 0.2) is 42.5 Å². The smallest absolute Gasteiger partial charge is 0.262 e. The van der Waals surface area contributed by atoms with Gasteiger partial charge in [0, 0.05) is 18.8 Å². The number of amides is 1. The SMILES string of the molecule is CCOc1cc(CNCCCCCO)ccc1OCC(=O)Nc1ccc(C)cc1. The number of rotatable bonds is 13. The minimum Gasteiger partial charge on any atom is -0.490 e. The van der Waals surface area contributed by atoms with E-state index in [0.29, 0.717) is 18.1 Å². The Morgan fingerprint density at radius 1 is 1.00 bits per heavy atom. The van der Waals surface area contributed by atoms with Crippen LogP contribution in [0.25, 0.3) is 0 Å². The van der Waals surface area contributed by atoms with Crippen molar-refractivity contribution in [1.82, 2.24) is 5.32 Å². The summed E-state index contributed by atoms with van der Waals surface area (Å²) in [5.41, 5.74) is 2.97. The van der Waals surface area contributed by atoms with Gasteiger partial charge in [-0.25, -0.2) is 0 Å². The molecule has 0 aliphatic carbocycles. The molecule has 158 valence electrons. The van der Waals surface area contributed by atoms with Crippen molar-refractivity contribution in [2.24, 2.45) is 0 Å². The van der Waals surface area contributed by atoms with Gasteiger partial charge in [0.05, 0.1) is 6.61 Å². The first kappa shape index (κ1) is 22.7. The number of aliphatic hydroxyl groups is 1. The fourth-order valence-corrected chi connectivity index (χ4v) is 2.80. The van der Waals surface area contributed by atoms with E-state index in [9.17, 15) is 4.79 Å². The molecule has 0 spiro atoms. The summed E-state index contributed by atoms with van der Waals surface area (Å²) in [5, 5.41) is 15.0. The third-order valence-corrected chi connectivity index (χ3v) is 4.34. The van der Waals surface area contributed by atoms with Crippen LogP contribution in [0.4, 0.5) is 5.69 Å². The molecule has 0 atom stereocenters. The first-order valence-electron chi connectivity index (χ1n) is 10.2. The molecule has 0 aromatic heterocycles. The van der Waals surface area contributed by atoms with Gasteiger partial charge in [0.2, 0.25) is 0 Å². The summed E-state index contributed by atoms with van der Waals surface area (Å²) in [7, 11) is 0. The van der Waals surface area contributed by atoms with Crippen molar-refractivity contribution in [3.05, 3.63) is 53.6 Å². The van der Waals surface area contributed by atoms with Gasteiger partial charge in [0.25, 0.3) is 5.91 Å². The number of nitrogens with one attached hydrogen (secondary N) is 2. The molecule has 3 N–H and O–H groups in total. The summed E-state index contributed by atoms with van der Waals surface area (Å²) in [5.74, 6) is 0.970. The lowest BCUT2D eigenvalue weighted by molar-refractivity contribution is -0.118. The van der Waals surface area contributed by atoms with Crippen molar-refractivity contribution >= 4 is 11.6 Å². The summed E-state index contributed by atoms with van der Waals surface area (Å²) in [6, 6.07) is 13.4. The number of anilines is 1. The van der Waals surface area contributed by atoms with Gasteiger partial charge >= 0.3 is 0 Å². The van der Waals surface area contributed by atoms with E-state index in [4.69, 9.17) is 14.6 Å². The summed E-state index contributed by atoms with van der Waals surface area (Å²) in [6.45, 7) is 6.23. The zero-order chi connectivity index (χ0) is 20.9. The molecule has 6 nitrogen and oxygen atoms in total. The van der Waals surface area contributed by atoms with Crippen molar-refractivity contribution < 1.29 is 19.4 Å². The van der Waals surface area contributed by atoms with E-state index in [0.717, 1.165) is 49.2 Å². The number of carbonyl (C=O) groups is 1. The molecule has 0 saturated heterocycles. The second kappa shape index (κ2) is 12.8. The molecule has 0 aliphatic heterocycles. The molecule has 1 amide bonds. The van der Waals surface area contributed by atoms with Gasteiger partial charge in [0.15, 0.2) is 18.1 Å². The highest BCUT2D eigenvalue weighted by molar-refractivity contribution is 5.91. The second-order valence-corrected chi connectivity index (χ2v) is 6.88. The van der Waals surface area contributed by atoms with Gasteiger partial charge in [-0.3, -0.25) is 4.79 Å². The van der Waals surface area contributed by atoms with Crippen LogP contribution >= 0.6 is 0 Å². The van der Waals surface area contributed by atoms with E-state index < -0.39 is 0 Å². The molecule has 0 bridgehead atoms. The third kappa shape index (κ3) is 8.54. The normalized spacial score (nSPS) is 10.6. The average molecular weight is 401 g/mol. The highest BCUT2D eigenvalue weighted by Gasteiger charge is 2.10. The average Bonchev–Trinajstić information content (AvgIpc) is 2.72. The largest absolute Gasteiger partial charge is 0.490 e. The molecule has 0 unspecified atom stereocenters. The lowest BCUT2D eigenvalue weighted by Crippen LogP contribution is -2.20. The Hall–Kier alpha value is -2.57. The van der Waals surface area contributed by atoms with E-state index in [1.54, 1.807) is 0 Å². The van der Waals surface area contributed by atoms with E-state index in [2.05, 4.69) is 10.6 Å². The Balaban J connectivity index is 1.85. The first-order valence-corrected chi connectivity index (χ1v) is 10.2. The Morgan fingerprint density at radius 3 is 2.52 bits per heavy atom. The highest BCUT2D eigenvalue weighted by atomic mass is 16.5. The predicted octanol–water partition coefficient (Wildman–Crippen LogP) is 3.66. The zero-order valence-corrected chi connectivity index (χ0v) is 17.4. The van der Waals surface area contributed by atoms with Crippen LogP contribution in [-0.4, -0.2) is 37.4 Å². The van der Waals surface area contributed by atoms with Gasteiger partial charge in [0.1, 0.15) is 0 Å². The molecule has 0 radical (unpaired) electrons. The molecule has 2 rings (SSSR count). The second-order valence-electron chi connectivity index (χ2n) is 6.88. The van der Waals surface area contributed by atoms with Crippen molar-refractivity contribution in [2.75, 3.05) is 31.7 Å². The highest BCUT2D eigenvalue weighted by Crippen LogP contribution is 2.28. The van der Waals surface area contributed by atoms with E-state index in [1.807, 2.05) is 56.3 Å². The maximum Gasteiger partial charge on any atom is 0.262 e. The maximum absolute atomic E-state index is 12.2. The van der Waals surface area contributed by atoms with Crippen LogP contribution in [0.2, 0.25) is 0 Å². The van der Waals surface area contributed by atoms with Crippen LogP contribution in [0.3, 0.4) is 0 Å². The molecule has 0 aliphatic rings. The molecular formula is C23H32N2O4. The maximum atomic E-state index is 12.2. The topological polar surface area (TPSA) is 79.8 Å². The minimum absolute atomic E-state index is 0.0869. The number of carbonyl (C=O) groups excluding carboxylic acids is 1. The Kier molecular flexibility index (Phi) is 10.0. The summed E-state index contributed by atoms with van der Waals surface area (Å²) >= 11 is 0. The van der Waals surface area contributed by atoms with Crippen LogP contribution in [-0.2, 0) is 11.3 Å². The monoisotopic (exact) mass is 400 g/mol. The molecule has 29 heavy (non-hydrogen) atoms. The van der Waals surface area contributed by atoms with Crippen molar-refractivity contribution in [2.45, 2.75) is 39.7 Å². The fraction of sp³-hybridized carbons (Fsp3) is 0.435. The van der Waals surface area contributed by atoms with Crippen molar-refractivity contribution in [3.63, 3.8) is 0 Å². The van der Waals surface area contributed by atoms with Crippen molar-refractivity contribution in [3.8, 4) is 11.5 Å². The number of hydrogen-bond donors (Lipinski definition) is 3. The first-order chi connectivity index (χ1) is 14.1. The van der Waals surface area contributed by atoms with Gasteiger partial charge in [-0.15, -0.1) is 0 Å². The predicted molar refractivity (Wildman–Crippen MR) is 116 cm³/mol. The van der Waals surface area contributed by atoms with Crippen LogP contribution < -0.4 is 20.1 Å². The van der Waals surface area contributed by atoms with Crippen LogP contribution in [0.1, 0.15) is 37.3 Å². The number of ether oxygens (including phenoxy) is 2. The lowest BCUT2D eigenvalue weighted by atomic mass is 10.2. The Labute approximate surface area is 173 Å². The van der Waals surface area contributed by atoms with E-state index >= 15 is 0 Å². The number of unbranched alkanes of at least 4 members (excludes halogenated alkanes) is 2. The number of aliphatic hydroxyl groups excluding tert-OH is 1. The minimum atomic E-state index is -0.218. The van der Waals surface area contributed by atoms with Gasteiger partial charge in [-0.1, -0.05) is 23.8 Å². The molecule has 0 heterocycles. The van der Waals surface area contributed by atoms with Crippen molar-refractivity contribution in [1.29, 1.82) is 0 Å². The summed E-state index contributed by atoms with van der Waals surface area (Å²) < 4.78 is 11.4. The molecular weight excluding hydrogens is 368 g/mol. The Morgan fingerprint density at radius 2 is 1.79 bits per heavy atom. The van der Waals surface area contributed by atoms with Gasteiger partial charge in [-0.05, 0) is 69.5 Å². The molecule has 2 aromatic rings. The third-order valence-electron chi connectivity index (χ3n) is 4.34. The lowest BCUT2D eigenvalue weighted by Gasteiger charge is -2.14. The summed E-state index contributed by atoms with van der Waals surface area (Å²) in [4.78, 5) is 12.2. The van der Waals surface area contributed by atoms with Crippen LogP contribution in [0.5, 0.6) is 11.5 Å². The van der Waals surface area contributed by atoms with E-state index in [1.165, 1.54) is 0 Å². The number of benzene rings is 2. The molecule has 6 heteroatoms. The zero-order valence-electron chi connectivity index (χ0n) is 17.4. The molecule has 2 aromatic carbocycles. The van der Waals surface area contributed by atoms with Gasteiger partial charge in [-0.2, -0.15) is 0 Å². The Bertz CT molecular complexity index is 747. The summed E-state index contributed by atoms with van der Waals surface area (Å²) in [6.07, 6.45) is 2.90. The van der Waals surface area contributed by atoms with Gasteiger partial charge < -0.3 is 25.2 Å². The number of aryl methyl sites for hydroxylation is 1. The standard InChI is InChI=1S/C23H32N2O4/c1-3-28-22-15-19(16-24-13-5-4-6-14-26)9-12-21(22)29-17-23(27)25-20-10-7-18(2)8-11-20/h7-12,15,24,26H,3-6,13-14,16-17H2,1-2H3,(H,25,27).